The molecule has 1 saturated carbocycles. The maximum Gasteiger partial charge on any atom is 0.339 e. The van der Waals surface area contributed by atoms with E-state index in [-0.39, 0.29) is 12.6 Å². The Morgan fingerprint density at radius 3 is 2.90 bits per heavy atom. The topological polar surface area (TPSA) is 96.2 Å². The molecule has 8 nitrogen and oxygen atoms in total. The van der Waals surface area contributed by atoms with Crippen LogP contribution in [0.4, 0.5) is 0 Å². The van der Waals surface area contributed by atoms with E-state index in [1.165, 1.54) is 0 Å². The van der Waals surface area contributed by atoms with E-state index in [9.17, 15) is 4.79 Å². The summed E-state index contributed by atoms with van der Waals surface area (Å²) < 4.78 is 17.9. The van der Waals surface area contributed by atoms with Crippen molar-refractivity contribution in [3.05, 3.63) is 53.7 Å². The van der Waals surface area contributed by atoms with E-state index >= 15 is 0 Å². The summed E-state index contributed by atoms with van der Waals surface area (Å²) in [4.78, 5) is 17.6. The zero-order chi connectivity index (χ0) is 20.0. The molecule has 1 aliphatic carbocycles. The molecule has 0 N–H and O–H groups in total. The van der Waals surface area contributed by atoms with Crippen molar-refractivity contribution in [1.29, 1.82) is 0 Å². The van der Waals surface area contributed by atoms with Gasteiger partial charge in [0, 0.05) is 23.7 Å². The summed E-state index contributed by atoms with van der Waals surface area (Å²) in [7, 11) is 0. The molecule has 0 aliphatic heterocycles. The number of carbonyl (C=O) groups excluding carboxylic acids is 1. The highest BCUT2D eigenvalue weighted by Gasteiger charge is 2.28. The summed E-state index contributed by atoms with van der Waals surface area (Å²) in [6.45, 7) is 4.08. The van der Waals surface area contributed by atoms with Gasteiger partial charge < -0.3 is 13.7 Å². The lowest BCUT2D eigenvalue weighted by Crippen LogP contribution is -2.09. The van der Waals surface area contributed by atoms with Gasteiger partial charge in [-0.05, 0) is 44.9 Å². The van der Waals surface area contributed by atoms with Crippen LogP contribution in [-0.4, -0.2) is 25.9 Å². The van der Waals surface area contributed by atoms with Crippen LogP contribution in [0, 0.1) is 0 Å². The van der Waals surface area contributed by atoms with Crippen molar-refractivity contribution in [3.8, 4) is 11.5 Å². The average molecular weight is 392 g/mol. The lowest BCUT2D eigenvalue weighted by molar-refractivity contribution is 0.0466. The summed E-state index contributed by atoms with van der Waals surface area (Å²) >= 11 is 0. The van der Waals surface area contributed by atoms with Crippen LogP contribution >= 0.6 is 0 Å². The fourth-order valence-electron chi connectivity index (χ4n) is 3.30. The van der Waals surface area contributed by atoms with E-state index in [1.54, 1.807) is 30.7 Å². The molecule has 0 atom stereocenters. The van der Waals surface area contributed by atoms with Crippen LogP contribution in [0.25, 0.3) is 22.6 Å². The highest BCUT2D eigenvalue weighted by Crippen LogP contribution is 2.40. The summed E-state index contributed by atoms with van der Waals surface area (Å²) in [6, 6.07) is 7.22. The fourth-order valence-corrected chi connectivity index (χ4v) is 3.30. The standard InChI is InChI=1S/C21H20N4O4/c1-12(2)25-20-16(10-22-25)15(9-17(23-20)13-5-6-13)21(26)28-11-14-8-19(29-24-14)18-4-3-7-27-18/h3-4,7-10,12-13H,5-6,11H2,1-2H3. The molecule has 0 spiro atoms. The summed E-state index contributed by atoms with van der Waals surface area (Å²) in [5.41, 5.74) is 2.64. The van der Waals surface area contributed by atoms with Gasteiger partial charge in [-0.15, -0.1) is 0 Å². The summed E-state index contributed by atoms with van der Waals surface area (Å²) in [6.07, 6.45) is 5.43. The highest BCUT2D eigenvalue weighted by molar-refractivity contribution is 6.02. The number of fused-ring (bicyclic) bond motifs is 1. The smallest absolute Gasteiger partial charge is 0.339 e. The Morgan fingerprint density at radius 1 is 1.31 bits per heavy atom. The largest absolute Gasteiger partial charge is 0.461 e. The van der Waals surface area contributed by atoms with E-state index in [0.29, 0.717) is 34.1 Å². The maximum absolute atomic E-state index is 12.9. The molecule has 148 valence electrons. The quantitative estimate of drug-likeness (QED) is 0.446. The first kappa shape index (κ1) is 17.7. The Kier molecular flexibility index (Phi) is 4.19. The molecule has 0 radical (unpaired) electrons. The van der Waals surface area contributed by atoms with Gasteiger partial charge in [0.05, 0.1) is 23.4 Å². The van der Waals surface area contributed by atoms with Gasteiger partial charge in [0.25, 0.3) is 0 Å². The Morgan fingerprint density at radius 2 is 2.17 bits per heavy atom. The average Bonchev–Trinajstić information content (AvgIpc) is 3.13. The third-order valence-corrected chi connectivity index (χ3v) is 4.97. The third-order valence-electron chi connectivity index (χ3n) is 4.97. The normalized spacial score (nSPS) is 14.0. The van der Waals surface area contributed by atoms with Gasteiger partial charge in [-0.1, -0.05) is 5.16 Å². The first-order valence-electron chi connectivity index (χ1n) is 9.65. The molecular weight excluding hydrogens is 372 g/mol. The second kappa shape index (κ2) is 6.88. The predicted octanol–water partition coefficient (Wildman–Crippen LogP) is 4.49. The minimum atomic E-state index is -0.426. The molecule has 8 heteroatoms. The zero-order valence-electron chi connectivity index (χ0n) is 16.2. The van der Waals surface area contributed by atoms with Crippen LogP contribution in [0.5, 0.6) is 0 Å². The van der Waals surface area contributed by atoms with Gasteiger partial charge in [0.15, 0.2) is 11.4 Å². The second-order valence-corrected chi connectivity index (χ2v) is 7.53. The number of furan rings is 1. The van der Waals surface area contributed by atoms with E-state index in [4.69, 9.17) is 18.7 Å². The van der Waals surface area contributed by atoms with Crippen molar-refractivity contribution in [2.24, 2.45) is 0 Å². The number of nitrogens with zero attached hydrogens (tertiary/aromatic N) is 4. The zero-order valence-corrected chi connectivity index (χ0v) is 16.2. The minimum absolute atomic E-state index is 0.00391. The Balaban J connectivity index is 1.40. The van der Waals surface area contributed by atoms with Crippen LogP contribution in [0.1, 0.15) is 60.4 Å². The number of hydrogen-bond acceptors (Lipinski definition) is 7. The van der Waals surface area contributed by atoms with Gasteiger partial charge in [-0.3, -0.25) is 0 Å². The fraction of sp³-hybridized carbons (Fsp3) is 0.333. The molecule has 4 heterocycles. The molecule has 4 aromatic heterocycles. The monoisotopic (exact) mass is 392 g/mol. The number of hydrogen-bond donors (Lipinski definition) is 0. The maximum atomic E-state index is 12.9. The highest BCUT2D eigenvalue weighted by atomic mass is 16.5. The predicted molar refractivity (Wildman–Crippen MR) is 103 cm³/mol. The molecule has 0 amide bonds. The third kappa shape index (κ3) is 3.30. The van der Waals surface area contributed by atoms with Crippen molar-refractivity contribution in [2.75, 3.05) is 0 Å². The lowest BCUT2D eigenvalue weighted by Gasteiger charge is -2.10. The molecule has 4 aromatic rings. The number of aromatic nitrogens is 4. The van der Waals surface area contributed by atoms with Crippen molar-refractivity contribution in [3.63, 3.8) is 0 Å². The van der Waals surface area contributed by atoms with Gasteiger partial charge in [0.2, 0.25) is 5.76 Å². The van der Waals surface area contributed by atoms with Crippen LogP contribution in [0.3, 0.4) is 0 Å². The Labute approximate surface area is 166 Å². The van der Waals surface area contributed by atoms with Gasteiger partial charge in [0.1, 0.15) is 12.3 Å². The summed E-state index contributed by atoms with van der Waals surface area (Å²) in [5, 5.41) is 9.06. The molecular formula is C21H20N4O4. The van der Waals surface area contributed by atoms with Crippen molar-refractivity contribution < 1.29 is 18.5 Å². The molecule has 0 bridgehead atoms. The Bertz CT molecular complexity index is 1170. The van der Waals surface area contributed by atoms with Crippen LogP contribution in [-0.2, 0) is 11.3 Å². The molecule has 0 saturated heterocycles. The van der Waals surface area contributed by atoms with Crippen molar-refractivity contribution in [2.45, 2.75) is 45.3 Å². The lowest BCUT2D eigenvalue weighted by atomic mass is 10.1. The first-order valence-corrected chi connectivity index (χ1v) is 9.65. The molecule has 0 unspecified atom stereocenters. The number of ether oxygens (including phenoxy) is 1. The van der Waals surface area contributed by atoms with Crippen molar-refractivity contribution in [1.82, 2.24) is 19.9 Å². The van der Waals surface area contributed by atoms with Crippen LogP contribution < -0.4 is 0 Å². The molecule has 29 heavy (non-hydrogen) atoms. The molecule has 5 rings (SSSR count). The van der Waals surface area contributed by atoms with E-state index in [0.717, 1.165) is 24.2 Å². The summed E-state index contributed by atoms with van der Waals surface area (Å²) in [5.74, 6) is 1.04. The van der Waals surface area contributed by atoms with E-state index < -0.39 is 5.97 Å². The van der Waals surface area contributed by atoms with Gasteiger partial charge in [-0.25, -0.2) is 14.5 Å². The molecule has 1 fully saturated rings. The first-order chi connectivity index (χ1) is 14.1. The van der Waals surface area contributed by atoms with Crippen LogP contribution in [0.2, 0.25) is 0 Å². The SMILES string of the molecule is CC(C)n1ncc2c(C(=O)OCc3cc(-c4ccco4)on3)cc(C3CC3)nc21. The van der Waals surface area contributed by atoms with Gasteiger partial charge in [-0.2, -0.15) is 5.10 Å². The second-order valence-electron chi connectivity index (χ2n) is 7.53. The van der Waals surface area contributed by atoms with Crippen LogP contribution in [0.15, 0.2) is 45.7 Å². The number of esters is 1. The Hall–Kier alpha value is -3.42. The minimum Gasteiger partial charge on any atom is -0.461 e. The van der Waals surface area contributed by atoms with Crippen molar-refractivity contribution >= 4 is 17.0 Å². The van der Waals surface area contributed by atoms with E-state index in [2.05, 4.69) is 10.3 Å². The van der Waals surface area contributed by atoms with Gasteiger partial charge >= 0.3 is 5.97 Å². The molecule has 0 aromatic carbocycles. The number of rotatable bonds is 6. The van der Waals surface area contributed by atoms with E-state index in [1.807, 2.05) is 24.6 Å². The number of carbonyl (C=O) groups is 1. The number of pyridine rings is 1. The molecule has 1 aliphatic rings.